The van der Waals surface area contributed by atoms with Crippen molar-refractivity contribution >= 4 is 39.1 Å². The molecule has 0 saturated carbocycles. The summed E-state index contributed by atoms with van der Waals surface area (Å²) in [6.07, 6.45) is 0.749. The number of likely N-dealkylation sites (tertiary alicyclic amines) is 1. The number of ketones is 1. The van der Waals surface area contributed by atoms with Crippen LogP contribution >= 0.6 is 11.3 Å². The Balaban J connectivity index is 1.77. The zero-order valence-corrected chi connectivity index (χ0v) is 25.8. The third kappa shape index (κ3) is 6.25. The second-order valence-corrected chi connectivity index (χ2v) is 16.0. The number of hydrogen-bond acceptors (Lipinski definition) is 6. The number of urea groups is 1. The maximum atomic E-state index is 13.8. The summed E-state index contributed by atoms with van der Waals surface area (Å²) in [6, 6.07) is -0.787. The van der Waals surface area contributed by atoms with Crippen molar-refractivity contribution in [1.29, 1.82) is 0 Å². The summed E-state index contributed by atoms with van der Waals surface area (Å²) in [5.74, 6) is 0.0293. The fourth-order valence-corrected chi connectivity index (χ4v) is 8.31. The van der Waals surface area contributed by atoms with Crippen LogP contribution in [-0.4, -0.2) is 66.6 Å². The van der Waals surface area contributed by atoms with Crippen molar-refractivity contribution in [3.8, 4) is 0 Å². The van der Waals surface area contributed by atoms with Gasteiger partial charge in [0.2, 0.25) is 15.9 Å². The van der Waals surface area contributed by atoms with E-state index in [1.807, 2.05) is 41.5 Å². The van der Waals surface area contributed by atoms with E-state index in [9.17, 15) is 22.8 Å². The second-order valence-electron chi connectivity index (χ2n) is 13.1. The Morgan fingerprint density at radius 3 is 2.21 bits per heavy atom. The second kappa shape index (κ2) is 10.9. The van der Waals surface area contributed by atoms with Crippen LogP contribution in [0, 0.1) is 22.7 Å². The molecule has 38 heavy (non-hydrogen) atoms. The minimum Gasteiger partial charge on any atom is -0.334 e. The molecule has 0 aliphatic carbocycles. The van der Waals surface area contributed by atoms with Gasteiger partial charge in [0.05, 0.1) is 10.9 Å². The Bertz CT molecular complexity index is 1160. The van der Waals surface area contributed by atoms with Gasteiger partial charge in [-0.25, -0.2) is 13.2 Å². The van der Waals surface area contributed by atoms with Crippen LogP contribution < -0.4 is 10.6 Å². The van der Waals surface area contributed by atoms with E-state index in [0.29, 0.717) is 11.4 Å². The van der Waals surface area contributed by atoms with Crippen LogP contribution in [0.2, 0.25) is 0 Å². The number of nitrogens with one attached hydrogen (secondary N) is 2. The van der Waals surface area contributed by atoms with Gasteiger partial charge in [-0.2, -0.15) is 4.31 Å². The molecule has 0 unspecified atom stereocenters. The molecule has 0 radical (unpaired) electrons. The van der Waals surface area contributed by atoms with E-state index in [-0.39, 0.29) is 36.6 Å². The summed E-state index contributed by atoms with van der Waals surface area (Å²) in [6.45, 7) is 18.0. The molecule has 2 aliphatic heterocycles. The Hall–Kier alpha value is -1.98. The number of amides is 3. The van der Waals surface area contributed by atoms with Gasteiger partial charge in [0, 0.05) is 30.6 Å². The molecule has 2 aliphatic rings. The maximum absolute atomic E-state index is 13.8. The van der Waals surface area contributed by atoms with Crippen LogP contribution in [-0.2, 0) is 26.2 Å². The van der Waals surface area contributed by atoms with Crippen molar-refractivity contribution in [3.05, 3.63) is 16.3 Å². The van der Waals surface area contributed by atoms with Crippen molar-refractivity contribution in [3.63, 3.8) is 0 Å². The highest BCUT2D eigenvalue weighted by Crippen LogP contribution is 2.36. The maximum Gasteiger partial charge on any atom is 0.315 e. The van der Waals surface area contributed by atoms with Crippen molar-refractivity contribution in [2.24, 2.45) is 22.7 Å². The van der Waals surface area contributed by atoms with Gasteiger partial charge in [-0.1, -0.05) is 55.4 Å². The van der Waals surface area contributed by atoms with Gasteiger partial charge in [0.25, 0.3) is 0 Å². The van der Waals surface area contributed by atoms with E-state index in [1.54, 1.807) is 16.3 Å². The third-order valence-corrected chi connectivity index (χ3v) is 10.7. The van der Waals surface area contributed by atoms with E-state index in [1.165, 1.54) is 22.6 Å². The van der Waals surface area contributed by atoms with Crippen LogP contribution in [0.25, 0.3) is 0 Å². The van der Waals surface area contributed by atoms with E-state index >= 15 is 0 Å². The lowest BCUT2D eigenvalue weighted by molar-refractivity contribution is -0.141. The Morgan fingerprint density at radius 1 is 1.08 bits per heavy atom. The lowest BCUT2D eigenvalue weighted by atomic mass is 9.84. The van der Waals surface area contributed by atoms with Gasteiger partial charge in [0.15, 0.2) is 5.78 Å². The Labute approximate surface area is 231 Å². The quantitative estimate of drug-likeness (QED) is 0.519. The Kier molecular flexibility index (Phi) is 8.75. The molecule has 214 valence electrons. The fraction of sp³-hybridized carbons (Fsp3) is 0.741. The van der Waals surface area contributed by atoms with E-state index in [0.717, 1.165) is 11.3 Å². The van der Waals surface area contributed by atoms with Crippen molar-refractivity contribution in [1.82, 2.24) is 19.8 Å². The first-order valence-electron chi connectivity index (χ1n) is 13.3. The molecule has 3 rings (SSSR count). The summed E-state index contributed by atoms with van der Waals surface area (Å²) < 4.78 is 27.5. The Morgan fingerprint density at radius 2 is 1.71 bits per heavy atom. The van der Waals surface area contributed by atoms with Crippen LogP contribution in [0.1, 0.15) is 73.6 Å². The lowest BCUT2D eigenvalue weighted by Gasteiger charge is -2.38. The highest BCUT2D eigenvalue weighted by molar-refractivity contribution is 7.89. The molecule has 3 heterocycles. The molecule has 1 fully saturated rings. The molecular weight excluding hydrogens is 524 g/mol. The highest BCUT2D eigenvalue weighted by atomic mass is 32.2. The van der Waals surface area contributed by atoms with E-state index < -0.39 is 45.0 Å². The first-order chi connectivity index (χ1) is 17.4. The summed E-state index contributed by atoms with van der Waals surface area (Å²) in [4.78, 5) is 42.5. The first-order valence-corrected chi connectivity index (χ1v) is 15.6. The van der Waals surface area contributed by atoms with Gasteiger partial charge < -0.3 is 15.5 Å². The molecule has 0 bridgehead atoms. The number of sulfonamides is 1. The molecule has 4 atom stereocenters. The molecular formula is C27H44N4O5S2. The average molecular weight is 569 g/mol. The molecule has 1 aromatic heterocycles. The molecule has 1 aromatic rings. The first kappa shape index (κ1) is 30.6. The fourth-order valence-electron chi connectivity index (χ4n) is 5.39. The standard InChI is InChI=1S/C27H44N4O5S2/c1-16(2)18-10-12-31(22(18)17(3)32)24(33)23(27(7,8)9)29-25(34)28-21(26(4,5)6)15-30-14-19-20(11-13-37-19)38(30,35)36/h11,13,16,18,21-23H,10,12,14-15H2,1-9H3,(H2,28,29,34)/t18-,21-,22-,23-/m1/s1. The van der Waals surface area contributed by atoms with Gasteiger partial charge in [-0.15, -0.1) is 11.3 Å². The number of carbonyl (C=O) groups excluding carboxylic acids is 3. The van der Waals surface area contributed by atoms with Gasteiger partial charge in [0.1, 0.15) is 6.04 Å². The normalized spacial score (nSPS) is 23.3. The van der Waals surface area contributed by atoms with Gasteiger partial charge in [-0.3, -0.25) is 9.59 Å². The van der Waals surface area contributed by atoms with E-state index in [2.05, 4.69) is 24.5 Å². The number of thiophene rings is 1. The smallest absolute Gasteiger partial charge is 0.315 e. The number of fused-ring (bicyclic) bond motifs is 1. The van der Waals surface area contributed by atoms with Crippen molar-refractivity contribution in [2.75, 3.05) is 13.1 Å². The van der Waals surface area contributed by atoms with Gasteiger partial charge in [-0.05, 0) is 47.5 Å². The van der Waals surface area contributed by atoms with Crippen molar-refractivity contribution < 1.29 is 22.8 Å². The molecule has 0 spiro atoms. The zero-order valence-electron chi connectivity index (χ0n) is 24.1. The monoisotopic (exact) mass is 568 g/mol. The summed E-state index contributed by atoms with van der Waals surface area (Å²) in [7, 11) is -3.61. The number of carbonyl (C=O) groups is 3. The molecule has 0 aromatic carbocycles. The third-order valence-electron chi connectivity index (χ3n) is 7.77. The van der Waals surface area contributed by atoms with E-state index in [4.69, 9.17) is 0 Å². The lowest BCUT2D eigenvalue weighted by Crippen LogP contribution is -2.61. The molecule has 9 nitrogen and oxygen atoms in total. The topological polar surface area (TPSA) is 116 Å². The van der Waals surface area contributed by atoms with Gasteiger partial charge >= 0.3 is 6.03 Å². The minimum absolute atomic E-state index is 0.0419. The minimum atomic E-state index is -3.61. The van der Waals surface area contributed by atoms with Crippen LogP contribution in [0.3, 0.4) is 0 Å². The molecule has 3 amide bonds. The summed E-state index contributed by atoms with van der Waals surface area (Å²) in [5, 5.41) is 7.61. The van der Waals surface area contributed by atoms with Crippen LogP contribution in [0.4, 0.5) is 4.79 Å². The number of nitrogens with zero attached hydrogens (tertiary/aromatic N) is 2. The number of rotatable bonds is 7. The van der Waals surface area contributed by atoms with Crippen LogP contribution in [0.5, 0.6) is 0 Å². The zero-order chi connectivity index (χ0) is 28.8. The molecule has 2 N–H and O–H groups in total. The predicted octanol–water partition coefficient (Wildman–Crippen LogP) is 3.84. The SMILES string of the molecule is CC(=O)[C@@H]1[C@@H](C(C)C)CCN1C(=O)[C@@H](NC(=O)N[C@H](CN1Cc2sccc2S1(=O)=O)C(C)(C)C)C(C)(C)C. The number of hydrogen-bond donors (Lipinski definition) is 2. The largest absolute Gasteiger partial charge is 0.334 e. The van der Waals surface area contributed by atoms with Crippen molar-refractivity contribution in [2.45, 2.75) is 98.3 Å². The summed E-state index contributed by atoms with van der Waals surface area (Å²) >= 11 is 1.41. The summed E-state index contributed by atoms with van der Waals surface area (Å²) in [5.41, 5.74) is -1.07. The predicted molar refractivity (Wildman–Crippen MR) is 149 cm³/mol. The molecule has 11 heteroatoms. The number of Topliss-reactive ketones (excluding diaryl/α,β-unsaturated/α-hetero) is 1. The van der Waals surface area contributed by atoms with Crippen LogP contribution in [0.15, 0.2) is 16.3 Å². The average Bonchev–Trinajstić information content (AvgIpc) is 3.46. The molecule has 1 saturated heterocycles. The highest BCUT2D eigenvalue weighted by Gasteiger charge is 2.46.